The minimum atomic E-state index is -1.25. The quantitative estimate of drug-likeness (QED) is 0.315. The number of Topliss-reactive ketones (excluding diaryl/α,β-unsaturated/α-hetero) is 2. The van der Waals surface area contributed by atoms with Crippen molar-refractivity contribution in [3.63, 3.8) is 0 Å². The molecule has 0 saturated heterocycles. The van der Waals surface area contributed by atoms with E-state index in [0.29, 0.717) is 0 Å². The average molecular weight is 427 g/mol. The van der Waals surface area contributed by atoms with Crippen molar-refractivity contribution in [2.24, 2.45) is 11.8 Å². The highest BCUT2D eigenvalue weighted by molar-refractivity contribution is 8.13. The fourth-order valence-corrected chi connectivity index (χ4v) is 3.79. The first-order valence-electron chi connectivity index (χ1n) is 8.46. The fourth-order valence-electron chi connectivity index (χ4n) is 2.35. The first kappa shape index (κ1) is 23.9. The maximum absolute atomic E-state index is 12.5. The highest BCUT2D eigenvalue weighted by Crippen LogP contribution is 2.24. The summed E-state index contributed by atoms with van der Waals surface area (Å²) >= 11 is 4.92. The number of benzene rings is 1. The van der Waals surface area contributed by atoms with Crippen molar-refractivity contribution in [1.82, 2.24) is 0 Å². The number of rotatable bonds is 11. The van der Waals surface area contributed by atoms with E-state index in [4.69, 9.17) is 9.84 Å². The molecule has 1 N–H and O–H groups in total. The smallest absolute Gasteiger partial charge is 0.339 e. The first-order chi connectivity index (χ1) is 13.1. The van der Waals surface area contributed by atoms with Gasteiger partial charge in [0.05, 0.1) is 5.92 Å². The maximum atomic E-state index is 12.5. The number of carbonyl (C=O) groups excluding carboxylic acids is 4. The summed E-state index contributed by atoms with van der Waals surface area (Å²) in [5, 5.41) is 8.88. The van der Waals surface area contributed by atoms with Crippen LogP contribution < -0.4 is 4.74 Å². The van der Waals surface area contributed by atoms with Gasteiger partial charge < -0.3 is 19.4 Å². The van der Waals surface area contributed by atoms with Crippen LogP contribution in [0.1, 0.15) is 37.0 Å². The molecule has 1 rings (SSSR count). The summed E-state index contributed by atoms with van der Waals surface area (Å²) in [7, 11) is 0. The van der Waals surface area contributed by atoms with E-state index in [9.17, 15) is 24.0 Å². The van der Waals surface area contributed by atoms with Gasteiger partial charge in [-0.15, -0.1) is 0 Å². The van der Waals surface area contributed by atoms with Crippen LogP contribution in [0.5, 0.6) is 5.75 Å². The lowest BCUT2D eigenvalue weighted by Gasteiger charge is -2.16. The van der Waals surface area contributed by atoms with Crippen molar-refractivity contribution in [2.45, 2.75) is 26.7 Å². The lowest BCUT2D eigenvalue weighted by atomic mass is 10.1. The average Bonchev–Trinajstić information content (AvgIpc) is 2.62. The van der Waals surface area contributed by atoms with Crippen molar-refractivity contribution in [2.75, 3.05) is 11.5 Å². The van der Waals surface area contributed by atoms with E-state index in [1.165, 1.54) is 38.1 Å². The number of esters is 1. The molecule has 1 aromatic rings. The van der Waals surface area contributed by atoms with Gasteiger partial charge in [0.2, 0.25) is 0 Å². The van der Waals surface area contributed by atoms with Gasteiger partial charge in [0.1, 0.15) is 22.9 Å². The number of carboxylic acid groups (broad SMARTS) is 1. The molecule has 0 aliphatic carbocycles. The summed E-state index contributed by atoms with van der Waals surface area (Å²) in [6.07, 6.45) is -0.0876. The molecular weight excluding hydrogens is 404 g/mol. The van der Waals surface area contributed by atoms with Crippen molar-refractivity contribution in [1.29, 1.82) is 0 Å². The largest absolute Gasteiger partial charge is 0.478 e. The highest BCUT2D eigenvalue weighted by atomic mass is 32.2. The number of carboxylic acids is 1. The van der Waals surface area contributed by atoms with Crippen LogP contribution in [-0.2, 0) is 19.2 Å². The Morgan fingerprint density at radius 3 is 2.14 bits per heavy atom. The Morgan fingerprint density at radius 2 is 1.61 bits per heavy atom. The van der Waals surface area contributed by atoms with Crippen LogP contribution in [0.2, 0.25) is 0 Å². The Labute approximate surface area is 172 Å². The topological polar surface area (TPSA) is 115 Å². The highest BCUT2D eigenvalue weighted by Gasteiger charge is 2.27. The Balaban J connectivity index is 2.86. The number of ether oxygens (including phenoxy) is 1. The van der Waals surface area contributed by atoms with Gasteiger partial charge in [-0.1, -0.05) is 23.9 Å². The molecule has 0 aliphatic heterocycles. The van der Waals surface area contributed by atoms with Crippen LogP contribution in [0.4, 0.5) is 0 Å². The zero-order valence-corrected chi connectivity index (χ0v) is 17.3. The molecule has 2 unspecified atom stereocenters. The molecule has 0 fully saturated rings. The lowest BCUT2D eigenvalue weighted by molar-refractivity contribution is -0.140. The van der Waals surface area contributed by atoms with Gasteiger partial charge in [-0.05, 0) is 26.0 Å². The first-order valence-corrected chi connectivity index (χ1v) is 10.1. The number of thioether (sulfide) groups is 1. The predicted octanol–water partition coefficient (Wildman–Crippen LogP) is 2.67. The molecule has 0 aromatic heterocycles. The van der Waals surface area contributed by atoms with Gasteiger partial charge >= 0.3 is 11.9 Å². The third-order valence-corrected chi connectivity index (χ3v) is 5.34. The molecule has 0 radical (unpaired) electrons. The number of hydrogen-bond acceptors (Lipinski definition) is 8. The normalized spacial score (nSPS) is 12.7. The summed E-state index contributed by atoms with van der Waals surface area (Å²) in [5.74, 6) is -3.91. The van der Waals surface area contributed by atoms with Crippen molar-refractivity contribution < 1.29 is 33.8 Å². The summed E-state index contributed by atoms with van der Waals surface area (Å²) in [4.78, 5) is 58.7. The monoisotopic (exact) mass is 426 g/mol. The van der Waals surface area contributed by atoms with E-state index >= 15 is 0 Å². The van der Waals surface area contributed by atoms with Gasteiger partial charge in [-0.2, -0.15) is 12.6 Å². The van der Waals surface area contributed by atoms with E-state index in [0.717, 1.165) is 11.8 Å². The second-order valence-electron chi connectivity index (χ2n) is 6.24. The summed E-state index contributed by atoms with van der Waals surface area (Å²) in [6, 6.07) is 5.65. The molecule has 1 aromatic carbocycles. The van der Waals surface area contributed by atoms with E-state index < -0.39 is 23.8 Å². The summed E-state index contributed by atoms with van der Waals surface area (Å²) in [5.41, 5.74) is -0.183. The van der Waals surface area contributed by atoms with Crippen molar-refractivity contribution in [3.8, 4) is 5.75 Å². The zero-order valence-electron chi connectivity index (χ0n) is 15.5. The lowest BCUT2D eigenvalue weighted by Crippen LogP contribution is -2.27. The molecule has 0 amide bonds. The Morgan fingerprint density at radius 1 is 1.04 bits per heavy atom. The van der Waals surface area contributed by atoms with Gasteiger partial charge in [-0.3, -0.25) is 9.59 Å². The fraction of sp³-hybridized carbons (Fsp3) is 0.421. The van der Waals surface area contributed by atoms with Crippen LogP contribution in [0.3, 0.4) is 0 Å². The maximum Gasteiger partial charge on any atom is 0.339 e. The molecule has 0 saturated carbocycles. The van der Waals surface area contributed by atoms with Crippen LogP contribution >= 0.6 is 24.4 Å². The van der Waals surface area contributed by atoms with Crippen LogP contribution in [0.25, 0.3) is 0 Å². The molecule has 28 heavy (non-hydrogen) atoms. The van der Waals surface area contributed by atoms with Gasteiger partial charge in [-0.25, -0.2) is 4.79 Å². The minimum absolute atomic E-state index is 0.0192. The van der Waals surface area contributed by atoms with E-state index in [1.807, 2.05) is 0 Å². The van der Waals surface area contributed by atoms with E-state index in [2.05, 4.69) is 12.6 Å². The van der Waals surface area contributed by atoms with Crippen molar-refractivity contribution >= 4 is 53.0 Å². The molecule has 152 valence electrons. The van der Waals surface area contributed by atoms with Gasteiger partial charge in [0.25, 0.3) is 0 Å². The third kappa shape index (κ3) is 7.85. The van der Waals surface area contributed by atoms with Gasteiger partial charge in [0, 0.05) is 30.3 Å². The second kappa shape index (κ2) is 11.7. The molecule has 9 heteroatoms. The molecule has 2 atom stereocenters. The van der Waals surface area contributed by atoms with Crippen LogP contribution in [-0.4, -0.2) is 45.2 Å². The summed E-state index contributed by atoms with van der Waals surface area (Å²) < 4.78 is 5.19. The minimum Gasteiger partial charge on any atom is -0.478 e. The second-order valence-corrected chi connectivity index (χ2v) is 7.63. The Bertz CT molecular complexity index is 760. The molecule has 7 nitrogen and oxygen atoms in total. The number of carbonyl (C=O) groups is 5. The van der Waals surface area contributed by atoms with E-state index in [-0.39, 0.29) is 52.3 Å². The van der Waals surface area contributed by atoms with E-state index in [1.54, 1.807) is 0 Å². The molecule has 0 bridgehead atoms. The van der Waals surface area contributed by atoms with Crippen LogP contribution in [0, 0.1) is 11.8 Å². The molecule has 0 aliphatic rings. The Hall–Kier alpha value is -2.13. The molecule has 0 spiro atoms. The number of thiol groups is 1. The SMILES string of the molecule is CC(=O)CC(CSC(=O)C(CS)CC(C)=O)C(=O)Oc1ccccc1C(=O)O. The number of hydrogen-bond donors (Lipinski definition) is 2. The summed E-state index contributed by atoms with van der Waals surface area (Å²) in [6.45, 7) is 2.69. The number of para-hydroxylation sites is 1. The number of ketones is 2. The molecular formula is C19H22O7S2. The standard InChI is InChI=1S/C19H22O7S2/c1-11(20)7-13(9-27)19(25)28-10-14(8-12(2)21)18(24)26-16-6-4-3-5-15(16)17(22)23/h3-6,13-14,27H,7-10H2,1-2H3,(H,22,23). The predicted molar refractivity (Wildman–Crippen MR) is 108 cm³/mol. The zero-order chi connectivity index (χ0) is 21.3. The van der Waals surface area contributed by atoms with Gasteiger partial charge in [0.15, 0.2) is 5.12 Å². The van der Waals surface area contributed by atoms with Crippen molar-refractivity contribution in [3.05, 3.63) is 29.8 Å². The third-order valence-electron chi connectivity index (χ3n) is 3.71. The Kier molecular flexibility index (Phi) is 9.95. The molecule has 0 heterocycles. The van der Waals surface area contributed by atoms with Crippen LogP contribution in [0.15, 0.2) is 24.3 Å². The number of aromatic carboxylic acids is 1.